The molecule has 4 rings (SSSR count). The average Bonchev–Trinajstić information content (AvgIpc) is 3.35. The van der Waals surface area contributed by atoms with Gasteiger partial charge in [-0.1, -0.05) is 16.8 Å². The fourth-order valence-electron chi connectivity index (χ4n) is 3.31. The van der Waals surface area contributed by atoms with Crippen LogP contribution in [-0.4, -0.2) is 53.6 Å². The molecule has 1 saturated carbocycles. The molecule has 1 aliphatic heterocycles. The average molecular weight is 360 g/mol. The number of amides is 1. The van der Waals surface area contributed by atoms with Crippen LogP contribution in [0.3, 0.4) is 0 Å². The van der Waals surface area contributed by atoms with Gasteiger partial charge in [0.25, 0.3) is 5.91 Å². The van der Waals surface area contributed by atoms with Crippen LogP contribution in [0, 0.1) is 5.92 Å². The van der Waals surface area contributed by atoms with Crippen molar-refractivity contribution >= 4 is 17.5 Å². The van der Waals surface area contributed by atoms with Crippen LogP contribution in [0.25, 0.3) is 11.3 Å². The van der Waals surface area contributed by atoms with Crippen LogP contribution in [0.1, 0.15) is 29.8 Å². The van der Waals surface area contributed by atoms with Crippen molar-refractivity contribution in [1.29, 1.82) is 0 Å². The molecule has 25 heavy (non-hydrogen) atoms. The van der Waals surface area contributed by atoms with Gasteiger partial charge in [-0.05, 0) is 56.0 Å². The van der Waals surface area contributed by atoms with E-state index in [4.69, 9.17) is 16.1 Å². The van der Waals surface area contributed by atoms with E-state index in [0.29, 0.717) is 16.5 Å². The maximum atomic E-state index is 12.8. The Morgan fingerprint density at radius 3 is 2.72 bits per heavy atom. The second-order valence-corrected chi connectivity index (χ2v) is 7.41. The molecule has 1 aromatic heterocycles. The summed E-state index contributed by atoms with van der Waals surface area (Å²) in [6.45, 7) is 4.75. The molecule has 0 unspecified atom stereocenters. The zero-order valence-corrected chi connectivity index (χ0v) is 14.9. The number of hydrogen-bond acceptors (Lipinski definition) is 4. The van der Waals surface area contributed by atoms with Gasteiger partial charge < -0.3 is 14.3 Å². The van der Waals surface area contributed by atoms with E-state index in [1.54, 1.807) is 18.2 Å². The first-order chi connectivity index (χ1) is 12.2. The van der Waals surface area contributed by atoms with Crippen LogP contribution < -0.4 is 0 Å². The Labute approximate surface area is 152 Å². The quantitative estimate of drug-likeness (QED) is 0.837. The molecule has 1 aromatic carbocycles. The summed E-state index contributed by atoms with van der Waals surface area (Å²) in [6.07, 6.45) is 3.75. The molecule has 0 atom stereocenters. The van der Waals surface area contributed by atoms with Gasteiger partial charge in [-0.3, -0.25) is 4.79 Å². The topological polar surface area (TPSA) is 49.6 Å². The summed E-state index contributed by atoms with van der Waals surface area (Å²) in [5, 5.41) is 4.65. The lowest BCUT2D eigenvalue weighted by Gasteiger charge is -2.21. The van der Waals surface area contributed by atoms with Gasteiger partial charge >= 0.3 is 0 Å². The van der Waals surface area contributed by atoms with Gasteiger partial charge in [-0.15, -0.1) is 0 Å². The minimum absolute atomic E-state index is 0.0442. The smallest absolute Gasteiger partial charge is 0.276 e. The molecule has 0 bridgehead atoms. The van der Waals surface area contributed by atoms with Crippen LogP contribution in [0.4, 0.5) is 0 Å². The Hall–Kier alpha value is -1.85. The fourth-order valence-corrected chi connectivity index (χ4v) is 3.44. The number of benzene rings is 1. The summed E-state index contributed by atoms with van der Waals surface area (Å²) in [4.78, 5) is 17.1. The molecule has 6 heteroatoms. The normalized spacial score (nSPS) is 19.0. The van der Waals surface area contributed by atoms with Crippen molar-refractivity contribution in [1.82, 2.24) is 15.0 Å². The van der Waals surface area contributed by atoms with Crippen LogP contribution in [-0.2, 0) is 0 Å². The molecule has 5 nitrogen and oxygen atoms in total. The highest BCUT2D eigenvalue weighted by atomic mass is 35.5. The maximum Gasteiger partial charge on any atom is 0.276 e. The molecule has 0 radical (unpaired) electrons. The van der Waals surface area contributed by atoms with Crippen molar-refractivity contribution in [3.05, 3.63) is 41.0 Å². The third-order valence-corrected chi connectivity index (χ3v) is 5.20. The van der Waals surface area contributed by atoms with Crippen LogP contribution in [0.15, 0.2) is 34.9 Å². The van der Waals surface area contributed by atoms with Gasteiger partial charge in [0.15, 0.2) is 11.5 Å². The molecule has 132 valence electrons. The molecular formula is C19H22ClN3O2. The van der Waals surface area contributed by atoms with Gasteiger partial charge in [-0.25, -0.2) is 0 Å². The summed E-state index contributed by atoms with van der Waals surface area (Å²) < 4.78 is 5.36. The fraction of sp³-hybridized carbons (Fsp3) is 0.474. The van der Waals surface area contributed by atoms with Crippen molar-refractivity contribution in [3.8, 4) is 11.3 Å². The van der Waals surface area contributed by atoms with Gasteiger partial charge in [0.05, 0.1) is 0 Å². The molecule has 2 heterocycles. The molecule has 2 fully saturated rings. The van der Waals surface area contributed by atoms with Crippen LogP contribution >= 0.6 is 11.6 Å². The van der Waals surface area contributed by atoms with E-state index in [9.17, 15) is 4.79 Å². The van der Waals surface area contributed by atoms with E-state index in [-0.39, 0.29) is 5.91 Å². The summed E-state index contributed by atoms with van der Waals surface area (Å²) in [5.41, 5.74) is 1.24. The molecule has 0 N–H and O–H groups in total. The van der Waals surface area contributed by atoms with Crippen molar-refractivity contribution in [2.24, 2.45) is 5.92 Å². The minimum atomic E-state index is -0.0442. The highest BCUT2D eigenvalue weighted by molar-refractivity contribution is 6.30. The summed E-state index contributed by atoms with van der Waals surface area (Å²) in [6, 6.07) is 9.03. The number of aromatic nitrogens is 1. The number of rotatable bonds is 4. The van der Waals surface area contributed by atoms with Gasteiger partial charge in [0, 0.05) is 42.8 Å². The number of halogens is 1. The van der Waals surface area contributed by atoms with E-state index in [1.165, 1.54) is 19.4 Å². The molecular weight excluding hydrogens is 338 g/mol. The van der Waals surface area contributed by atoms with E-state index >= 15 is 0 Å². The van der Waals surface area contributed by atoms with Crippen molar-refractivity contribution in [3.63, 3.8) is 0 Å². The Kier molecular flexibility index (Phi) is 4.77. The molecule has 2 aliphatic rings. The predicted octanol–water partition coefficient (Wildman–Crippen LogP) is 3.55. The zero-order chi connectivity index (χ0) is 17.2. The number of hydrogen-bond donors (Lipinski definition) is 0. The number of nitrogens with zero attached hydrogens (tertiary/aromatic N) is 3. The second-order valence-electron chi connectivity index (χ2n) is 6.97. The lowest BCUT2D eigenvalue weighted by atomic mass is 10.1. The SMILES string of the molecule is O=C(c1cc(-c2ccc(Cl)cc2)on1)N1CCCN(CC2CC2)CC1. The maximum absolute atomic E-state index is 12.8. The first-order valence-corrected chi connectivity index (χ1v) is 9.31. The summed E-state index contributed by atoms with van der Waals surface area (Å²) in [7, 11) is 0. The third kappa shape index (κ3) is 4.05. The first-order valence-electron chi connectivity index (χ1n) is 8.93. The second kappa shape index (κ2) is 7.18. The van der Waals surface area contributed by atoms with Crippen LogP contribution in [0.5, 0.6) is 0 Å². The van der Waals surface area contributed by atoms with Gasteiger partial charge in [0.2, 0.25) is 0 Å². The van der Waals surface area contributed by atoms with Crippen molar-refractivity contribution in [2.45, 2.75) is 19.3 Å². The van der Waals surface area contributed by atoms with Gasteiger partial charge in [-0.2, -0.15) is 0 Å². The lowest BCUT2D eigenvalue weighted by molar-refractivity contribution is 0.0751. The van der Waals surface area contributed by atoms with E-state index in [2.05, 4.69) is 10.1 Å². The molecule has 1 saturated heterocycles. The van der Waals surface area contributed by atoms with Gasteiger partial charge in [0.1, 0.15) is 0 Å². The van der Waals surface area contributed by atoms with Crippen molar-refractivity contribution < 1.29 is 9.32 Å². The summed E-state index contributed by atoms with van der Waals surface area (Å²) >= 11 is 5.91. The third-order valence-electron chi connectivity index (χ3n) is 4.95. The molecule has 1 aliphatic carbocycles. The predicted molar refractivity (Wildman–Crippen MR) is 96.6 cm³/mol. The Balaban J connectivity index is 1.41. The van der Waals surface area contributed by atoms with E-state index < -0.39 is 0 Å². The first kappa shape index (κ1) is 16.6. The number of carbonyl (C=O) groups excluding carboxylic acids is 1. The monoisotopic (exact) mass is 359 g/mol. The number of carbonyl (C=O) groups is 1. The molecule has 0 spiro atoms. The Bertz CT molecular complexity index is 739. The Morgan fingerprint density at radius 1 is 1.16 bits per heavy atom. The Morgan fingerprint density at radius 2 is 1.96 bits per heavy atom. The largest absolute Gasteiger partial charge is 0.355 e. The van der Waals surface area contributed by atoms with Crippen molar-refractivity contribution in [2.75, 3.05) is 32.7 Å². The molecule has 2 aromatic rings. The summed E-state index contributed by atoms with van der Waals surface area (Å²) in [5.74, 6) is 1.43. The zero-order valence-electron chi connectivity index (χ0n) is 14.2. The van der Waals surface area contributed by atoms with Crippen LogP contribution in [0.2, 0.25) is 5.02 Å². The highest BCUT2D eigenvalue weighted by Crippen LogP contribution is 2.30. The highest BCUT2D eigenvalue weighted by Gasteiger charge is 2.27. The minimum Gasteiger partial charge on any atom is -0.355 e. The lowest BCUT2D eigenvalue weighted by Crippen LogP contribution is -2.35. The van der Waals surface area contributed by atoms with E-state index in [0.717, 1.165) is 44.1 Å². The standard InChI is InChI=1S/C19H22ClN3O2/c20-16-6-4-15(5-7-16)18-12-17(21-25-18)19(24)23-9-1-8-22(10-11-23)13-14-2-3-14/h4-7,12,14H,1-3,8-11,13H2. The van der Waals surface area contributed by atoms with E-state index in [1.807, 2.05) is 17.0 Å². The molecule has 1 amide bonds.